The highest BCUT2D eigenvalue weighted by atomic mass is 32.2. The summed E-state index contributed by atoms with van der Waals surface area (Å²) in [4.78, 5) is 24.9. The lowest BCUT2D eigenvalue weighted by molar-refractivity contribution is -0.118. The number of hydrogen-bond acceptors (Lipinski definition) is 5. The van der Waals surface area contributed by atoms with E-state index in [0.717, 1.165) is 39.6 Å². The van der Waals surface area contributed by atoms with E-state index in [1.807, 2.05) is 21.7 Å². The number of nitrogens with zero attached hydrogens (tertiary/aromatic N) is 4. The van der Waals surface area contributed by atoms with Crippen molar-refractivity contribution in [3.05, 3.63) is 72.6 Å². The van der Waals surface area contributed by atoms with E-state index < -0.39 is 0 Å². The van der Waals surface area contributed by atoms with Crippen LogP contribution in [0.5, 0.6) is 0 Å². The van der Waals surface area contributed by atoms with Crippen LogP contribution in [-0.4, -0.2) is 32.7 Å². The van der Waals surface area contributed by atoms with Crippen LogP contribution in [-0.2, 0) is 17.8 Å². The molecule has 0 fully saturated rings. The number of benzene rings is 2. The van der Waals surface area contributed by atoms with Crippen molar-refractivity contribution in [1.29, 1.82) is 0 Å². The maximum atomic E-state index is 13.2. The lowest BCUT2D eigenvalue weighted by Gasteiger charge is -2.20. The summed E-state index contributed by atoms with van der Waals surface area (Å²) in [6.45, 7) is 3.51. The van der Waals surface area contributed by atoms with Gasteiger partial charge in [0, 0.05) is 42.6 Å². The molecule has 2 heterocycles. The summed E-state index contributed by atoms with van der Waals surface area (Å²) in [5.74, 6) is 0.437. The number of aryl methyl sites for hydroxylation is 2. The Morgan fingerprint density at radius 1 is 1.22 bits per heavy atom. The van der Waals surface area contributed by atoms with E-state index in [0.29, 0.717) is 18.7 Å². The molecule has 2 aromatic carbocycles. The van der Waals surface area contributed by atoms with E-state index in [1.165, 1.54) is 17.7 Å². The normalized spacial score (nSPS) is 11.2. The number of carbonyl (C=O) groups is 1. The summed E-state index contributed by atoms with van der Waals surface area (Å²) < 4.78 is 16.2. The van der Waals surface area contributed by atoms with Crippen LogP contribution >= 0.6 is 23.1 Å². The fraction of sp³-hybridized carbons (Fsp3) is 0.292. The number of rotatable bonds is 10. The van der Waals surface area contributed by atoms with Crippen LogP contribution in [0.1, 0.15) is 25.3 Å². The number of halogens is 1. The van der Waals surface area contributed by atoms with Gasteiger partial charge in [0.1, 0.15) is 5.82 Å². The second-order valence-electron chi connectivity index (χ2n) is 7.37. The van der Waals surface area contributed by atoms with Gasteiger partial charge in [-0.05, 0) is 48.7 Å². The Kier molecular flexibility index (Phi) is 7.55. The molecule has 0 N–H and O–H groups in total. The Balaban J connectivity index is 1.47. The van der Waals surface area contributed by atoms with Crippen LogP contribution in [0.25, 0.3) is 10.2 Å². The summed E-state index contributed by atoms with van der Waals surface area (Å²) in [6.07, 6.45) is 7.58. The smallest absolute Gasteiger partial charge is 0.229 e. The van der Waals surface area contributed by atoms with Gasteiger partial charge in [-0.15, -0.1) is 11.8 Å². The maximum Gasteiger partial charge on any atom is 0.229 e. The topological polar surface area (TPSA) is 51.0 Å². The molecule has 0 aliphatic rings. The minimum atomic E-state index is -0.253. The van der Waals surface area contributed by atoms with Gasteiger partial charge < -0.3 is 4.57 Å². The molecule has 0 aliphatic heterocycles. The standard InChI is InChI=1S/C24H25FN4OS2/c1-2-18-5-3-6-21-23(18)27-24(32-21)29(14-4-13-28-15-12-26-17-28)22(30)11-16-31-20-9-7-19(25)8-10-20/h3,5-10,12,15,17H,2,4,11,13-14,16H2,1H3. The van der Waals surface area contributed by atoms with Gasteiger partial charge in [-0.3, -0.25) is 9.69 Å². The molecule has 4 aromatic rings. The molecule has 0 spiro atoms. The summed E-state index contributed by atoms with van der Waals surface area (Å²) in [7, 11) is 0. The maximum absolute atomic E-state index is 13.2. The Labute approximate surface area is 195 Å². The quantitative estimate of drug-likeness (QED) is 0.276. The van der Waals surface area contributed by atoms with Crippen LogP contribution in [0.2, 0.25) is 0 Å². The van der Waals surface area contributed by atoms with E-state index in [-0.39, 0.29) is 11.7 Å². The van der Waals surface area contributed by atoms with Crippen molar-refractivity contribution in [3.63, 3.8) is 0 Å². The molecular weight excluding hydrogens is 443 g/mol. The molecule has 0 saturated heterocycles. The number of carbonyl (C=O) groups excluding carboxylic acids is 1. The summed E-state index contributed by atoms with van der Waals surface area (Å²) in [5.41, 5.74) is 2.19. The number of hydrogen-bond donors (Lipinski definition) is 0. The zero-order valence-electron chi connectivity index (χ0n) is 17.9. The second kappa shape index (κ2) is 10.7. The third-order valence-electron chi connectivity index (χ3n) is 5.16. The highest BCUT2D eigenvalue weighted by molar-refractivity contribution is 7.99. The zero-order chi connectivity index (χ0) is 22.3. The van der Waals surface area contributed by atoms with Gasteiger partial charge in [-0.25, -0.2) is 14.4 Å². The number of anilines is 1. The zero-order valence-corrected chi connectivity index (χ0v) is 19.5. The number of imidazole rings is 1. The van der Waals surface area contributed by atoms with Gasteiger partial charge in [0.15, 0.2) is 5.13 Å². The number of thiazole rings is 1. The SMILES string of the molecule is CCc1cccc2sc(N(CCCn3ccnc3)C(=O)CCSc3ccc(F)cc3)nc12. The number of para-hydroxylation sites is 1. The van der Waals surface area contributed by atoms with Crippen LogP contribution < -0.4 is 4.90 Å². The van der Waals surface area contributed by atoms with Crippen molar-refractivity contribution in [1.82, 2.24) is 14.5 Å². The van der Waals surface area contributed by atoms with Crippen molar-refractivity contribution in [2.45, 2.75) is 37.6 Å². The highest BCUT2D eigenvalue weighted by Crippen LogP contribution is 2.32. The van der Waals surface area contributed by atoms with Gasteiger partial charge in [0.2, 0.25) is 5.91 Å². The largest absolute Gasteiger partial charge is 0.337 e. The highest BCUT2D eigenvalue weighted by Gasteiger charge is 2.20. The van der Waals surface area contributed by atoms with Crippen molar-refractivity contribution in [3.8, 4) is 0 Å². The monoisotopic (exact) mass is 468 g/mol. The Morgan fingerprint density at radius 3 is 2.81 bits per heavy atom. The Bertz CT molecular complexity index is 1160. The minimum Gasteiger partial charge on any atom is -0.337 e. The second-order valence-corrected chi connectivity index (χ2v) is 9.54. The number of aromatic nitrogens is 3. The van der Waals surface area contributed by atoms with E-state index in [4.69, 9.17) is 4.98 Å². The Morgan fingerprint density at radius 2 is 2.06 bits per heavy atom. The average Bonchev–Trinajstić information content (AvgIpc) is 3.47. The van der Waals surface area contributed by atoms with Crippen molar-refractivity contribution < 1.29 is 9.18 Å². The number of fused-ring (bicyclic) bond motifs is 1. The lowest BCUT2D eigenvalue weighted by Crippen LogP contribution is -2.32. The first-order valence-corrected chi connectivity index (χ1v) is 12.5. The molecule has 0 saturated carbocycles. The molecule has 0 unspecified atom stereocenters. The van der Waals surface area contributed by atoms with Crippen LogP contribution in [0.3, 0.4) is 0 Å². The molecule has 5 nitrogen and oxygen atoms in total. The molecule has 166 valence electrons. The first-order valence-electron chi connectivity index (χ1n) is 10.7. The van der Waals surface area contributed by atoms with Crippen LogP contribution in [0.4, 0.5) is 9.52 Å². The third-order valence-corrected chi connectivity index (χ3v) is 7.22. The van der Waals surface area contributed by atoms with E-state index in [1.54, 1.807) is 47.8 Å². The molecule has 0 atom stereocenters. The first kappa shape index (κ1) is 22.5. The fourth-order valence-electron chi connectivity index (χ4n) is 3.47. The van der Waals surface area contributed by atoms with Crippen LogP contribution in [0.15, 0.2) is 66.1 Å². The molecule has 0 radical (unpaired) electrons. The van der Waals surface area contributed by atoms with Gasteiger partial charge >= 0.3 is 0 Å². The predicted octanol–water partition coefficient (Wildman–Crippen LogP) is 5.80. The van der Waals surface area contributed by atoms with E-state index in [9.17, 15) is 9.18 Å². The molecule has 2 aromatic heterocycles. The van der Waals surface area contributed by atoms with Gasteiger partial charge in [0.05, 0.1) is 16.5 Å². The average molecular weight is 469 g/mol. The Hall–Kier alpha value is -2.71. The summed E-state index contributed by atoms with van der Waals surface area (Å²) in [5, 5.41) is 0.753. The van der Waals surface area contributed by atoms with Gasteiger partial charge in [0.25, 0.3) is 0 Å². The van der Waals surface area contributed by atoms with E-state index >= 15 is 0 Å². The number of amides is 1. The van der Waals surface area contributed by atoms with Crippen LogP contribution in [0, 0.1) is 5.82 Å². The van der Waals surface area contributed by atoms with Crippen molar-refractivity contribution in [2.24, 2.45) is 0 Å². The molecule has 32 heavy (non-hydrogen) atoms. The predicted molar refractivity (Wildman–Crippen MR) is 130 cm³/mol. The molecule has 1 amide bonds. The summed E-state index contributed by atoms with van der Waals surface area (Å²) in [6, 6.07) is 12.6. The summed E-state index contributed by atoms with van der Waals surface area (Å²) >= 11 is 3.13. The molecule has 8 heteroatoms. The van der Waals surface area contributed by atoms with E-state index in [2.05, 4.69) is 24.0 Å². The van der Waals surface area contributed by atoms with Crippen molar-refractivity contribution >= 4 is 44.4 Å². The van der Waals surface area contributed by atoms with Gasteiger partial charge in [-0.1, -0.05) is 30.4 Å². The third kappa shape index (κ3) is 5.55. The van der Waals surface area contributed by atoms with Gasteiger partial charge in [-0.2, -0.15) is 0 Å². The minimum absolute atomic E-state index is 0.0577. The number of thioether (sulfide) groups is 1. The van der Waals surface area contributed by atoms with Crippen molar-refractivity contribution in [2.75, 3.05) is 17.2 Å². The first-order chi connectivity index (χ1) is 15.6. The molecular formula is C24H25FN4OS2. The molecule has 0 aliphatic carbocycles. The fourth-order valence-corrected chi connectivity index (χ4v) is 5.37. The lowest BCUT2D eigenvalue weighted by atomic mass is 10.1. The molecule has 4 rings (SSSR count). The molecule has 0 bridgehead atoms.